The van der Waals surface area contributed by atoms with Gasteiger partial charge in [-0.15, -0.1) is 11.3 Å². The molecule has 0 aromatic carbocycles. The summed E-state index contributed by atoms with van der Waals surface area (Å²) in [5.41, 5.74) is 1.67. The van der Waals surface area contributed by atoms with E-state index in [2.05, 4.69) is 30.6 Å². The summed E-state index contributed by atoms with van der Waals surface area (Å²) in [4.78, 5) is 1.66. The van der Waals surface area contributed by atoms with Gasteiger partial charge in [0.05, 0.1) is 0 Å². The molecule has 114 valence electrons. The van der Waals surface area contributed by atoms with Crippen molar-refractivity contribution in [2.45, 2.75) is 83.6 Å². The number of thiophene rings is 1. The molecule has 1 aliphatic rings. The minimum atomic E-state index is 0.709. The van der Waals surface area contributed by atoms with Crippen LogP contribution in [0.5, 0.6) is 0 Å². The van der Waals surface area contributed by atoms with Gasteiger partial charge in [-0.2, -0.15) is 0 Å². The van der Waals surface area contributed by atoms with Crippen molar-refractivity contribution in [2.75, 3.05) is 6.54 Å². The van der Waals surface area contributed by atoms with Gasteiger partial charge in [-0.05, 0) is 55.7 Å². The summed E-state index contributed by atoms with van der Waals surface area (Å²) < 4.78 is 0. The van der Waals surface area contributed by atoms with Crippen molar-refractivity contribution in [3.05, 3.63) is 21.9 Å². The van der Waals surface area contributed by atoms with E-state index in [4.69, 9.17) is 0 Å². The molecule has 2 atom stereocenters. The maximum atomic E-state index is 3.85. The minimum Gasteiger partial charge on any atom is -0.313 e. The summed E-state index contributed by atoms with van der Waals surface area (Å²) in [5, 5.41) is 6.15. The average molecular weight is 294 g/mol. The SMILES string of the molecule is CCCCCCC(NCCC)C1CCCc2sccc21. The van der Waals surface area contributed by atoms with E-state index in [1.54, 1.807) is 10.4 Å². The summed E-state index contributed by atoms with van der Waals surface area (Å²) in [6, 6.07) is 3.11. The van der Waals surface area contributed by atoms with Crippen molar-refractivity contribution >= 4 is 11.3 Å². The Bertz CT molecular complexity index is 371. The number of fused-ring (bicyclic) bond motifs is 1. The van der Waals surface area contributed by atoms with Crippen LogP contribution in [0.2, 0.25) is 0 Å². The fourth-order valence-corrected chi connectivity index (χ4v) is 4.50. The van der Waals surface area contributed by atoms with Crippen molar-refractivity contribution in [1.29, 1.82) is 0 Å². The maximum absolute atomic E-state index is 3.85. The zero-order chi connectivity index (χ0) is 14.2. The lowest BCUT2D eigenvalue weighted by Gasteiger charge is -2.31. The van der Waals surface area contributed by atoms with Crippen LogP contribution >= 0.6 is 11.3 Å². The molecule has 2 heteroatoms. The van der Waals surface area contributed by atoms with Crippen LogP contribution in [0.3, 0.4) is 0 Å². The molecular formula is C18H31NS. The second-order valence-corrected chi connectivity index (χ2v) is 7.21. The average Bonchev–Trinajstić information content (AvgIpc) is 2.95. The largest absolute Gasteiger partial charge is 0.313 e. The first-order chi connectivity index (χ1) is 9.86. The fraction of sp³-hybridized carbons (Fsp3) is 0.778. The highest BCUT2D eigenvalue weighted by Gasteiger charge is 2.27. The molecule has 20 heavy (non-hydrogen) atoms. The maximum Gasteiger partial charge on any atom is 0.0136 e. The number of hydrogen-bond acceptors (Lipinski definition) is 2. The first-order valence-corrected chi connectivity index (χ1v) is 9.54. The van der Waals surface area contributed by atoms with Crippen LogP contribution in [-0.4, -0.2) is 12.6 Å². The molecule has 0 amide bonds. The first kappa shape index (κ1) is 16.0. The number of aryl methyl sites for hydroxylation is 1. The molecule has 0 bridgehead atoms. The Labute approximate surface area is 129 Å². The van der Waals surface area contributed by atoms with Crippen molar-refractivity contribution in [3.8, 4) is 0 Å². The van der Waals surface area contributed by atoms with Crippen LogP contribution in [0.4, 0.5) is 0 Å². The zero-order valence-corrected chi connectivity index (χ0v) is 14.1. The Morgan fingerprint density at radius 1 is 1.25 bits per heavy atom. The summed E-state index contributed by atoms with van der Waals surface area (Å²) in [7, 11) is 0. The van der Waals surface area contributed by atoms with Crippen molar-refractivity contribution in [1.82, 2.24) is 5.32 Å². The Morgan fingerprint density at radius 3 is 2.95 bits per heavy atom. The molecule has 1 N–H and O–H groups in total. The van der Waals surface area contributed by atoms with E-state index in [0.29, 0.717) is 6.04 Å². The third-order valence-electron chi connectivity index (χ3n) is 4.61. The van der Waals surface area contributed by atoms with Gasteiger partial charge in [0.25, 0.3) is 0 Å². The van der Waals surface area contributed by atoms with Crippen LogP contribution in [-0.2, 0) is 6.42 Å². The molecule has 1 aliphatic carbocycles. The Balaban J connectivity index is 1.96. The van der Waals surface area contributed by atoms with E-state index in [0.717, 1.165) is 5.92 Å². The third-order valence-corrected chi connectivity index (χ3v) is 5.61. The highest BCUT2D eigenvalue weighted by atomic mass is 32.1. The smallest absolute Gasteiger partial charge is 0.0136 e. The Kier molecular flexibility index (Phi) is 7.09. The summed E-state index contributed by atoms with van der Waals surface area (Å²) >= 11 is 1.97. The second-order valence-electron chi connectivity index (χ2n) is 6.21. The Morgan fingerprint density at radius 2 is 2.15 bits per heavy atom. The van der Waals surface area contributed by atoms with Crippen molar-refractivity contribution < 1.29 is 0 Å². The molecule has 2 unspecified atom stereocenters. The molecule has 0 fully saturated rings. The monoisotopic (exact) mass is 293 g/mol. The lowest BCUT2D eigenvalue weighted by molar-refractivity contribution is 0.364. The van der Waals surface area contributed by atoms with Crippen LogP contribution in [0.15, 0.2) is 11.4 Å². The van der Waals surface area contributed by atoms with Crippen LogP contribution in [0.25, 0.3) is 0 Å². The van der Waals surface area contributed by atoms with Gasteiger partial charge in [-0.3, -0.25) is 0 Å². The first-order valence-electron chi connectivity index (χ1n) is 8.66. The Hall–Kier alpha value is -0.340. The molecule has 0 radical (unpaired) electrons. The minimum absolute atomic E-state index is 0.709. The molecule has 0 spiro atoms. The lowest BCUT2D eigenvalue weighted by Crippen LogP contribution is -2.36. The van der Waals surface area contributed by atoms with Gasteiger partial charge >= 0.3 is 0 Å². The second kappa shape index (κ2) is 8.84. The van der Waals surface area contributed by atoms with E-state index in [1.807, 2.05) is 11.3 Å². The number of hydrogen-bond donors (Lipinski definition) is 1. The normalized spacial score (nSPS) is 19.8. The molecule has 0 saturated carbocycles. The molecule has 0 aliphatic heterocycles. The molecule has 1 nitrogen and oxygen atoms in total. The van der Waals surface area contributed by atoms with E-state index in [1.165, 1.54) is 64.3 Å². The molecule has 1 aromatic heterocycles. The van der Waals surface area contributed by atoms with Gasteiger partial charge in [0.15, 0.2) is 0 Å². The van der Waals surface area contributed by atoms with Gasteiger partial charge < -0.3 is 5.32 Å². The standard InChI is InChI=1S/C18H31NS/c1-3-5-6-7-10-17(19-13-4-2)15-9-8-11-18-16(15)12-14-20-18/h12,14-15,17,19H,3-11,13H2,1-2H3. The van der Waals surface area contributed by atoms with Gasteiger partial charge in [0.1, 0.15) is 0 Å². The zero-order valence-electron chi connectivity index (χ0n) is 13.3. The molecule has 2 rings (SSSR count). The fourth-order valence-electron chi connectivity index (χ4n) is 3.51. The predicted octanol–water partition coefficient (Wildman–Crippen LogP) is 5.51. The topological polar surface area (TPSA) is 12.0 Å². The third kappa shape index (κ3) is 4.33. The molecule has 1 heterocycles. The van der Waals surface area contributed by atoms with E-state index < -0.39 is 0 Å². The highest BCUT2D eigenvalue weighted by molar-refractivity contribution is 7.10. The van der Waals surface area contributed by atoms with E-state index in [-0.39, 0.29) is 0 Å². The van der Waals surface area contributed by atoms with Crippen LogP contribution < -0.4 is 5.32 Å². The lowest BCUT2D eigenvalue weighted by atomic mass is 9.80. The quantitative estimate of drug-likeness (QED) is 0.592. The van der Waals surface area contributed by atoms with Gasteiger partial charge in [-0.1, -0.05) is 39.5 Å². The summed E-state index contributed by atoms with van der Waals surface area (Å²) in [6.45, 7) is 5.75. The number of unbranched alkanes of at least 4 members (excludes halogenated alkanes) is 3. The van der Waals surface area contributed by atoms with E-state index >= 15 is 0 Å². The highest BCUT2D eigenvalue weighted by Crippen LogP contribution is 2.38. The molecular weight excluding hydrogens is 262 g/mol. The summed E-state index contributed by atoms with van der Waals surface area (Å²) in [6.07, 6.45) is 12.2. The molecule has 1 aromatic rings. The van der Waals surface area contributed by atoms with Crippen LogP contribution in [0, 0.1) is 0 Å². The number of nitrogens with one attached hydrogen (secondary N) is 1. The number of rotatable bonds is 9. The van der Waals surface area contributed by atoms with Gasteiger partial charge in [0, 0.05) is 16.8 Å². The van der Waals surface area contributed by atoms with Crippen molar-refractivity contribution in [3.63, 3.8) is 0 Å². The predicted molar refractivity (Wildman–Crippen MR) is 90.8 cm³/mol. The van der Waals surface area contributed by atoms with Gasteiger partial charge in [0.2, 0.25) is 0 Å². The van der Waals surface area contributed by atoms with Crippen LogP contribution in [0.1, 0.15) is 81.6 Å². The van der Waals surface area contributed by atoms with Crippen molar-refractivity contribution in [2.24, 2.45) is 0 Å². The van der Waals surface area contributed by atoms with Gasteiger partial charge in [-0.25, -0.2) is 0 Å². The molecule has 0 saturated heterocycles. The van der Waals surface area contributed by atoms with E-state index in [9.17, 15) is 0 Å². The summed E-state index contributed by atoms with van der Waals surface area (Å²) in [5.74, 6) is 0.776.